The maximum absolute atomic E-state index is 12.6. The summed E-state index contributed by atoms with van der Waals surface area (Å²) in [5.74, 6) is 0. The number of nitrogens with zero attached hydrogens (tertiary/aromatic N) is 3. The van der Waals surface area contributed by atoms with E-state index in [-0.39, 0.29) is 5.56 Å². The molecule has 3 rings (SSSR count). The Labute approximate surface area is 117 Å². The number of aromatic nitrogens is 3. The fraction of sp³-hybridized carbons (Fsp3) is 0.143. The number of benzene rings is 1. The van der Waals surface area contributed by atoms with E-state index in [1.807, 2.05) is 0 Å². The smallest absolute Gasteiger partial charge is 0.281 e. The van der Waals surface area contributed by atoms with Gasteiger partial charge in [0, 0.05) is 11.9 Å². The third kappa shape index (κ3) is 2.20. The van der Waals surface area contributed by atoms with Gasteiger partial charge in [-0.2, -0.15) is 18.3 Å². The van der Waals surface area contributed by atoms with Gasteiger partial charge >= 0.3 is 6.18 Å². The standard InChI is InChI=1S/C14H10F3N3O/c1-9-8-19(13(21)12-6-7-18-20(9)12)11-4-2-10(3-5-11)14(15,16)17/h2-8H,1H3. The van der Waals surface area contributed by atoms with Gasteiger partial charge < -0.3 is 0 Å². The molecule has 0 atom stereocenters. The Morgan fingerprint density at radius 3 is 2.38 bits per heavy atom. The third-order valence-corrected chi connectivity index (χ3v) is 3.20. The van der Waals surface area contributed by atoms with Crippen LogP contribution in [-0.4, -0.2) is 14.2 Å². The van der Waals surface area contributed by atoms with E-state index < -0.39 is 11.7 Å². The molecule has 0 fully saturated rings. The molecule has 0 bridgehead atoms. The molecule has 0 saturated heterocycles. The first-order chi connectivity index (χ1) is 9.88. The minimum absolute atomic E-state index is 0.335. The fourth-order valence-corrected chi connectivity index (χ4v) is 2.17. The SMILES string of the molecule is Cc1cn(-c2ccc(C(F)(F)F)cc2)c(=O)c2ccnn12. The Balaban J connectivity index is 2.17. The highest BCUT2D eigenvalue weighted by Gasteiger charge is 2.30. The number of fused-ring (bicyclic) bond motifs is 1. The van der Waals surface area contributed by atoms with Crippen LogP contribution in [0.2, 0.25) is 0 Å². The molecule has 0 spiro atoms. The molecule has 0 N–H and O–H groups in total. The molecule has 0 radical (unpaired) electrons. The van der Waals surface area contributed by atoms with Gasteiger partial charge in [0.25, 0.3) is 5.56 Å². The Hall–Kier alpha value is -2.57. The quantitative estimate of drug-likeness (QED) is 0.692. The average Bonchev–Trinajstić information content (AvgIpc) is 2.92. The van der Waals surface area contributed by atoms with E-state index in [9.17, 15) is 18.0 Å². The molecule has 0 unspecified atom stereocenters. The van der Waals surface area contributed by atoms with Crippen molar-refractivity contribution in [3.8, 4) is 5.69 Å². The number of hydrogen-bond donors (Lipinski definition) is 0. The van der Waals surface area contributed by atoms with E-state index in [1.165, 1.54) is 27.4 Å². The molecular weight excluding hydrogens is 283 g/mol. The Kier molecular flexibility index (Phi) is 2.86. The van der Waals surface area contributed by atoms with Crippen molar-refractivity contribution in [2.75, 3.05) is 0 Å². The number of aryl methyl sites for hydroxylation is 1. The lowest BCUT2D eigenvalue weighted by Crippen LogP contribution is -2.21. The van der Waals surface area contributed by atoms with Gasteiger partial charge in [0.15, 0.2) is 0 Å². The Bertz CT molecular complexity index is 860. The minimum atomic E-state index is -4.39. The number of hydrogen-bond acceptors (Lipinski definition) is 2. The van der Waals surface area contributed by atoms with Crippen molar-refractivity contribution in [3.05, 3.63) is 64.3 Å². The second-order valence-corrected chi connectivity index (χ2v) is 4.62. The van der Waals surface area contributed by atoms with Gasteiger partial charge in [0.1, 0.15) is 5.52 Å². The molecule has 0 saturated carbocycles. The summed E-state index contributed by atoms with van der Waals surface area (Å²) in [5, 5.41) is 4.01. The zero-order valence-corrected chi connectivity index (χ0v) is 10.9. The molecule has 21 heavy (non-hydrogen) atoms. The summed E-state index contributed by atoms with van der Waals surface area (Å²) < 4.78 is 40.5. The van der Waals surface area contributed by atoms with Crippen LogP contribution in [0.5, 0.6) is 0 Å². The summed E-state index contributed by atoms with van der Waals surface area (Å²) in [5.41, 5.74) is 0.364. The maximum Gasteiger partial charge on any atom is 0.416 e. The van der Waals surface area contributed by atoms with E-state index in [4.69, 9.17) is 0 Å². The Morgan fingerprint density at radius 2 is 1.76 bits per heavy atom. The van der Waals surface area contributed by atoms with Gasteiger partial charge in [-0.25, -0.2) is 4.52 Å². The molecule has 0 aliphatic heterocycles. The summed E-state index contributed by atoms with van der Waals surface area (Å²) in [4.78, 5) is 12.3. The van der Waals surface area contributed by atoms with Crippen molar-refractivity contribution in [2.45, 2.75) is 13.1 Å². The van der Waals surface area contributed by atoms with Crippen LogP contribution < -0.4 is 5.56 Å². The molecule has 0 aliphatic rings. The minimum Gasteiger partial charge on any atom is -0.281 e. The third-order valence-electron chi connectivity index (χ3n) is 3.20. The van der Waals surface area contributed by atoms with Crippen LogP contribution >= 0.6 is 0 Å². The highest BCUT2D eigenvalue weighted by Crippen LogP contribution is 2.29. The predicted molar refractivity (Wildman–Crippen MR) is 70.5 cm³/mol. The predicted octanol–water partition coefficient (Wildman–Crippen LogP) is 2.81. The van der Waals surface area contributed by atoms with Crippen LogP contribution in [0.15, 0.2) is 47.5 Å². The summed E-state index contributed by atoms with van der Waals surface area (Å²) in [6.07, 6.45) is -1.35. The monoisotopic (exact) mass is 293 g/mol. The van der Waals surface area contributed by atoms with Crippen LogP contribution in [0.4, 0.5) is 13.2 Å². The molecule has 1 aromatic carbocycles. The van der Waals surface area contributed by atoms with Crippen molar-refractivity contribution in [1.82, 2.24) is 14.2 Å². The first-order valence-electron chi connectivity index (χ1n) is 6.11. The van der Waals surface area contributed by atoms with E-state index in [2.05, 4.69) is 5.10 Å². The highest BCUT2D eigenvalue weighted by molar-refractivity contribution is 5.47. The molecule has 108 valence electrons. The molecule has 7 heteroatoms. The lowest BCUT2D eigenvalue weighted by Gasteiger charge is -2.10. The molecular formula is C14H10F3N3O. The first kappa shape index (κ1) is 13.4. The summed E-state index contributed by atoms with van der Waals surface area (Å²) >= 11 is 0. The zero-order valence-electron chi connectivity index (χ0n) is 10.9. The lowest BCUT2D eigenvalue weighted by atomic mass is 10.2. The van der Waals surface area contributed by atoms with Crippen molar-refractivity contribution < 1.29 is 13.2 Å². The van der Waals surface area contributed by atoms with E-state index in [1.54, 1.807) is 19.2 Å². The van der Waals surface area contributed by atoms with Crippen molar-refractivity contribution in [2.24, 2.45) is 0 Å². The van der Waals surface area contributed by atoms with Crippen LogP contribution in [-0.2, 0) is 6.18 Å². The van der Waals surface area contributed by atoms with Crippen LogP contribution in [0, 0.1) is 6.92 Å². The highest BCUT2D eigenvalue weighted by atomic mass is 19.4. The van der Waals surface area contributed by atoms with Crippen molar-refractivity contribution >= 4 is 5.52 Å². The lowest BCUT2D eigenvalue weighted by molar-refractivity contribution is -0.137. The van der Waals surface area contributed by atoms with E-state index >= 15 is 0 Å². The molecule has 0 amide bonds. The van der Waals surface area contributed by atoms with Gasteiger partial charge in [0.05, 0.1) is 17.5 Å². The van der Waals surface area contributed by atoms with Crippen LogP contribution in [0.3, 0.4) is 0 Å². The van der Waals surface area contributed by atoms with E-state index in [0.29, 0.717) is 16.9 Å². The number of rotatable bonds is 1. The molecule has 0 aliphatic carbocycles. The average molecular weight is 293 g/mol. The van der Waals surface area contributed by atoms with Gasteiger partial charge in [-0.1, -0.05) is 0 Å². The summed E-state index contributed by atoms with van der Waals surface area (Å²) in [6, 6.07) is 6.03. The van der Waals surface area contributed by atoms with Crippen LogP contribution in [0.1, 0.15) is 11.3 Å². The normalized spacial score (nSPS) is 12.0. The summed E-state index contributed by atoms with van der Waals surface area (Å²) in [6.45, 7) is 1.76. The molecule has 4 nitrogen and oxygen atoms in total. The van der Waals surface area contributed by atoms with Gasteiger partial charge in [-0.3, -0.25) is 9.36 Å². The van der Waals surface area contributed by atoms with Crippen molar-refractivity contribution in [3.63, 3.8) is 0 Å². The Morgan fingerprint density at radius 1 is 1.10 bits per heavy atom. The van der Waals surface area contributed by atoms with Crippen molar-refractivity contribution in [1.29, 1.82) is 0 Å². The largest absolute Gasteiger partial charge is 0.416 e. The fourth-order valence-electron chi connectivity index (χ4n) is 2.17. The first-order valence-corrected chi connectivity index (χ1v) is 6.11. The van der Waals surface area contributed by atoms with Crippen LogP contribution in [0.25, 0.3) is 11.2 Å². The second-order valence-electron chi connectivity index (χ2n) is 4.62. The van der Waals surface area contributed by atoms with Gasteiger partial charge in [-0.05, 0) is 37.3 Å². The topological polar surface area (TPSA) is 39.3 Å². The van der Waals surface area contributed by atoms with Gasteiger partial charge in [-0.15, -0.1) is 0 Å². The summed E-state index contributed by atoms with van der Waals surface area (Å²) in [7, 11) is 0. The number of alkyl halides is 3. The number of halogens is 3. The molecule has 3 aromatic rings. The molecule has 2 aromatic heterocycles. The van der Waals surface area contributed by atoms with E-state index in [0.717, 1.165) is 12.1 Å². The second kappa shape index (κ2) is 4.47. The van der Waals surface area contributed by atoms with Gasteiger partial charge in [0.2, 0.25) is 0 Å². The molecule has 2 heterocycles. The maximum atomic E-state index is 12.6. The zero-order chi connectivity index (χ0) is 15.2.